The first kappa shape index (κ1) is 13.3. The lowest BCUT2D eigenvalue weighted by Gasteiger charge is -2.17. The van der Waals surface area contributed by atoms with E-state index < -0.39 is 0 Å². The van der Waals surface area contributed by atoms with Crippen LogP contribution in [-0.2, 0) is 0 Å². The summed E-state index contributed by atoms with van der Waals surface area (Å²) in [5, 5.41) is 3.40. The highest BCUT2D eigenvalue weighted by Gasteiger charge is 2.08. The lowest BCUT2D eigenvalue weighted by molar-refractivity contribution is 0.614. The summed E-state index contributed by atoms with van der Waals surface area (Å²) in [6.07, 6.45) is 0. The summed E-state index contributed by atoms with van der Waals surface area (Å²) in [4.78, 5) is 0. The molecule has 0 radical (unpaired) electrons. The van der Waals surface area contributed by atoms with Gasteiger partial charge in [-0.05, 0) is 65.8 Å². The van der Waals surface area contributed by atoms with Crippen molar-refractivity contribution in [1.82, 2.24) is 0 Å². The Balaban J connectivity index is 2.19. The summed E-state index contributed by atoms with van der Waals surface area (Å²) in [5.74, 6) is -0.149. The van der Waals surface area contributed by atoms with Crippen LogP contribution in [0.5, 0.6) is 0 Å². The summed E-state index contributed by atoms with van der Waals surface area (Å²) >= 11 is 2.29. The third-order valence-electron chi connectivity index (χ3n) is 2.94. The quantitative estimate of drug-likeness (QED) is 0.772. The molecule has 18 heavy (non-hydrogen) atoms. The van der Waals surface area contributed by atoms with Crippen molar-refractivity contribution in [3.63, 3.8) is 0 Å². The van der Waals surface area contributed by atoms with Crippen molar-refractivity contribution in [2.75, 3.05) is 5.32 Å². The third kappa shape index (κ3) is 3.02. The highest BCUT2D eigenvalue weighted by Crippen LogP contribution is 2.24. The second-order valence-electron chi connectivity index (χ2n) is 4.35. The molecule has 1 unspecified atom stereocenters. The van der Waals surface area contributed by atoms with Crippen LogP contribution in [0.25, 0.3) is 0 Å². The molecule has 94 valence electrons. The third-order valence-corrected chi connectivity index (χ3v) is 3.88. The fourth-order valence-corrected chi connectivity index (χ4v) is 2.32. The van der Waals surface area contributed by atoms with E-state index in [1.54, 1.807) is 13.0 Å². The molecule has 2 aromatic carbocycles. The molecule has 0 aliphatic carbocycles. The topological polar surface area (TPSA) is 12.0 Å². The molecule has 1 nitrogen and oxygen atoms in total. The summed E-state index contributed by atoms with van der Waals surface area (Å²) < 4.78 is 14.7. The van der Waals surface area contributed by atoms with Crippen LogP contribution < -0.4 is 5.32 Å². The maximum absolute atomic E-state index is 13.5. The predicted molar refractivity (Wildman–Crippen MR) is 82.3 cm³/mol. The van der Waals surface area contributed by atoms with E-state index in [0.717, 1.165) is 14.8 Å². The van der Waals surface area contributed by atoms with Crippen LogP contribution in [0, 0.1) is 16.3 Å². The average molecular weight is 355 g/mol. The summed E-state index contributed by atoms with van der Waals surface area (Å²) in [6, 6.07) is 13.5. The molecule has 3 heteroatoms. The van der Waals surface area contributed by atoms with Gasteiger partial charge in [0.2, 0.25) is 0 Å². The van der Waals surface area contributed by atoms with E-state index in [4.69, 9.17) is 0 Å². The zero-order chi connectivity index (χ0) is 13.1. The van der Waals surface area contributed by atoms with Crippen molar-refractivity contribution in [3.05, 3.63) is 63.0 Å². The van der Waals surface area contributed by atoms with Gasteiger partial charge in [0, 0.05) is 15.3 Å². The first-order chi connectivity index (χ1) is 8.58. The molecule has 0 bridgehead atoms. The van der Waals surface area contributed by atoms with E-state index in [2.05, 4.69) is 27.9 Å². The fourth-order valence-electron chi connectivity index (χ4n) is 1.77. The Bertz CT molecular complexity index is 554. The van der Waals surface area contributed by atoms with Gasteiger partial charge in [0.15, 0.2) is 0 Å². The van der Waals surface area contributed by atoms with Gasteiger partial charge in [-0.15, -0.1) is 0 Å². The van der Waals surface area contributed by atoms with Crippen molar-refractivity contribution in [1.29, 1.82) is 0 Å². The minimum Gasteiger partial charge on any atom is -0.378 e. The van der Waals surface area contributed by atoms with E-state index in [0.29, 0.717) is 5.56 Å². The number of aryl methyl sites for hydroxylation is 1. The first-order valence-corrected chi connectivity index (χ1v) is 6.93. The Labute approximate surface area is 121 Å². The highest BCUT2D eigenvalue weighted by atomic mass is 127. The molecule has 0 spiro atoms. The Morgan fingerprint density at radius 3 is 2.56 bits per heavy atom. The Kier molecular flexibility index (Phi) is 4.22. The number of halogens is 2. The average Bonchev–Trinajstić information content (AvgIpc) is 2.35. The molecular weight excluding hydrogens is 340 g/mol. The van der Waals surface area contributed by atoms with Crippen LogP contribution in [0.1, 0.15) is 24.1 Å². The largest absolute Gasteiger partial charge is 0.378 e. The Hall–Kier alpha value is -1.10. The van der Waals surface area contributed by atoms with Crippen LogP contribution in [0.3, 0.4) is 0 Å². The van der Waals surface area contributed by atoms with Crippen molar-refractivity contribution >= 4 is 28.3 Å². The lowest BCUT2D eigenvalue weighted by Crippen LogP contribution is -2.08. The van der Waals surface area contributed by atoms with Gasteiger partial charge in [-0.3, -0.25) is 0 Å². The van der Waals surface area contributed by atoms with Crippen molar-refractivity contribution in [2.45, 2.75) is 19.9 Å². The van der Waals surface area contributed by atoms with Gasteiger partial charge in [-0.2, -0.15) is 0 Å². The monoisotopic (exact) mass is 355 g/mol. The number of benzene rings is 2. The molecule has 0 fully saturated rings. The predicted octanol–water partition coefficient (Wildman–Crippen LogP) is 4.91. The molecule has 2 aromatic rings. The molecule has 0 heterocycles. The normalized spacial score (nSPS) is 12.2. The molecule has 0 aliphatic heterocycles. The molecular formula is C15H15FIN. The van der Waals surface area contributed by atoms with Gasteiger partial charge in [0.1, 0.15) is 5.82 Å². The number of anilines is 1. The Morgan fingerprint density at radius 1 is 1.17 bits per heavy atom. The number of hydrogen-bond acceptors (Lipinski definition) is 1. The number of rotatable bonds is 3. The molecule has 1 N–H and O–H groups in total. The summed E-state index contributed by atoms with van der Waals surface area (Å²) in [5.41, 5.74) is 2.71. The molecule has 0 aliphatic rings. The zero-order valence-corrected chi connectivity index (χ0v) is 12.5. The lowest BCUT2D eigenvalue weighted by atomic mass is 10.1. The summed E-state index contributed by atoms with van der Waals surface area (Å²) in [6.45, 7) is 3.81. The van der Waals surface area contributed by atoms with Gasteiger partial charge in [0.05, 0.1) is 0 Å². The SMILES string of the molecule is Cc1ccc(C(C)Nc2ccccc2I)cc1F. The van der Waals surface area contributed by atoms with E-state index in [9.17, 15) is 4.39 Å². The van der Waals surface area contributed by atoms with Crippen LogP contribution in [0.4, 0.5) is 10.1 Å². The number of hydrogen-bond donors (Lipinski definition) is 1. The van der Waals surface area contributed by atoms with E-state index in [1.165, 1.54) is 0 Å². The van der Waals surface area contributed by atoms with E-state index in [-0.39, 0.29) is 11.9 Å². The van der Waals surface area contributed by atoms with Gasteiger partial charge in [-0.25, -0.2) is 4.39 Å². The van der Waals surface area contributed by atoms with Crippen molar-refractivity contribution < 1.29 is 4.39 Å². The standard InChI is InChI=1S/C15H15FIN/c1-10-7-8-12(9-13(10)16)11(2)18-15-6-4-3-5-14(15)17/h3-9,11,18H,1-2H3. The Morgan fingerprint density at radius 2 is 1.89 bits per heavy atom. The van der Waals surface area contributed by atoms with Gasteiger partial charge in [-0.1, -0.05) is 24.3 Å². The fraction of sp³-hybridized carbons (Fsp3) is 0.200. The van der Waals surface area contributed by atoms with Crippen molar-refractivity contribution in [2.24, 2.45) is 0 Å². The molecule has 0 saturated heterocycles. The van der Waals surface area contributed by atoms with Gasteiger partial charge < -0.3 is 5.32 Å². The summed E-state index contributed by atoms with van der Waals surface area (Å²) in [7, 11) is 0. The molecule has 0 aromatic heterocycles. The van der Waals surface area contributed by atoms with E-state index >= 15 is 0 Å². The number of nitrogens with one attached hydrogen (secondary N) is 1. The highest BCUT2D eigenvalue weighted by molar-refractivity contribution is 14.1. The minimum absolute atomic E-state index is 0.0796. The van der Waals surface area contributed by atoms with Crippen LogP contribution in [0.2, 0.25) is 0 Å². The van der Waals surface area contributed by atoms with Gasteiger partial charge >= 0.3 is 0 Å². The maximum Gasteiger partial charge on any atom is 0.126 e. The first-order valence-electron chi connectivity index (χ1n) is 5.85. The molecule has 1 atom stereocenters. The second-order valence-corrected chi connectivity index (χ2v) is 5.52. The van der Waals surface area contributed by atoms with E-state index in [1.807, 2.05) is 43.3 Å². The van der Waals surface area contributed by atoms with Crippen LogP contribution >= 0.6 is 22.6 Å². The van der Waals surface area contributed by atoms with Crippen LogP contribution in [-0.4, -0.2) is 0 Å². The van der Waals surface area contributed by atoms with Crippen molar-refractivity contribution in [3.8, 4) is 0 Å². The molecule has 0 amide bonds. The minimum atomic E-state index is -0.149. The van der Waals surface area contributed by atoms with Gasteiger partial charge in [0.25, 0.3) is 0 Å². The number of para-hydroxylation sites is 1. The smallest absolute Gasteiger partial charge is 0.126 e. The maximum atomic E-state index is 13.5. The van der Waals surface area contributed by atoms with Crippen LogP contribution in [0.15, 0.2) is 42.5 Å². The second kappa shape index (κ2) is 5.69. The molecule has 2 rings (SSSR count). The zero-order valence-electron chi connectivity index (χ0n) is 10.4. The molecule has 0 saturated carbocycles.